The van der Waals surface area contributed by atoms with Crippen molar-refractivity contribution < 1.29 is 0 Å². The lowest BCUT2D eigenvalue weighted by molar-refractivity contribution is 0.398. The summed E-state index contributed by atoms with van der Waals surface area (Å²) in [6.07, 6.45) is 4.17. The average molecular weight is 242 g/mol. The largest absolute Gasteiger partial charge is 0.349 e. The predicted octanol–water partition coefficient (Wildman–Crippen LogP) is 4.65. The van der Waals surface area contributed by atoms with Crippen LogP contribution in [0.2, 0.25) is 0 Å². The average Bonchev–Trinajstić information content (AvgIpc) is 2.55. The molecule has 0 spiro atoms. The van der Waals surface area contributed by atoms with Gasteiger partial charge in [0.25, 0.3) is 0 Å². The Morgan fingerprint density at radius 3 is 1.18 bits per heavy atom. The quantitative estimate of drug-likeness (QED) is 0.705. The van der Waals surface area contributed by atoms with Crippen LogP contribution in [-0.2, 0) is 5.54 Å². The molecule has 0 saturated heterocycles. The molecule has 2 nitrogen and oxygen atoms in total. The van der Waals surface area contributed by atoms with Gasteiger partial charge in [-0.25, -0.2) is 0 Å². The van der Waals surface area contributed by atoms with E-state index in [9.17, 15) is 0 Å². The van der Waals surface area contributed by atoms with Crippen molar-refractivity contribution in [3.63, 3.8) is 0 Å². The SMILES string of the molecule is C.CC.CC(C)(C)N.CC(C)(C)n1cccc1. The third kappa shape index (κ3) is 17.8. The summed E-state index contributed by atoms with van der Waals surface area (Å²) in [7, 11) is 0. The first kappa shape index (κ1) is 21.5. The molecule has 17 heavy (non-hydrogen) atoms. The van der Waals surface area contributed by atoms with Gasteiger partial charge < -0.3 is 10.3 Å². The fourth-order valence-corrected chi connectivity index (χ4v) is 0.782. The summed E-state index contributed by atoms with van der Waals surface area (Å²) in [5, 5.41) is 0. The lowest BCUT2D eigenvalue weighted by atomic mass is 10.1. The molecule has 0 unspecified atom stereocenters. The number of nitrogens with zero attached hydrogens (tertiary/aromatic N) is 1. The van der Waals surface area contributed by atoms with Crippen LogP contribution >= 0.6 is 0 Å². The second kappa shape index (κ2) is 9.29. The summed E-state index contributed by atoms with van der Waals surface area (Å²) in [6.45, 7) is 16.5. The molecule has 0 amide bonds. The van der Waals surface area contributed by atoms with Crippen LogP contribution in [0.25, 0.3) is 0 Å². The second-order valence-electron chi connectivity index (χ2n) is 5.63. The molecule has 1 rings (SSSR count). The minimum atomic E-state index is 0. The minimum absolute atomic E-state index is 0. The molecule has 0 aromatic carbocycles. The fourth-order valence-electron chi connectivity index (χ4n) is 0.782. The zero-order chi connectivity index (χ0) is 13.4. The Labute approximate surface area is 109 Å². The van der Waals surface area contributed by atoms with Gasteiger partial charge in [-0.2, -0.15) is 0 Å². The van der Waals surface area contributed by atoms with Crippen LogP contribution in [0.5, 0.6) is 0 Å². The molecule has 0 bridgehead atoms. The molecule has 0 aliphatic heterocycles. The van der Waals surface area contributed by atoms with Crippen molar-refractivity contribution in [2.75, 3.05) is 0 Å². The Morgan fingerprint density at radius 1 is 0.824 bits per heavy atom. The Bertz CT molecular complexity index is 229. The lowest BCUT2D eigenvalue weighted by Gasteiger charge is -2.20. The first-order chi connectivity index (χ1) is 7.11. The van der Waals surface area contributed by atoms with Crippen LogP contribution < -0.4 is 5.73 Å². The van der Waals surface area contributed by atoms with Crippen molar-refractivity contribution in [1.82, 2.24) is 4.57 Å². The van der Waals surface area contributed by atoms with Crippen molar-refractivity contribution >= 4 is 0 Å². The van der Waals surface area contributed by atoms with Gasteiger partial charge in [-0.15, -0.1) is 0 Å². The first-order valence-corrected chi connectivity index (χ1v) is 6.03. The van der Waals surface area contributed by atoms with Crippen LogP contribution in [0.15, 0.2) is 24.5 Å². The number of hydrogen-bond acceptors (Lipinski definition) is 1. The van der Waals surface area contributed by atoms with E-state index in [2.05, 4.69) is 37.7 Å². The molecular weight excluding hydrogens is 208 g/mol. The van der Waals surface area contributed by atoms with E-state index in [1.54, 1.807) is 0 Å². The van der Waals surface area contributed by atoms with Gasteiger partial charge in [0.05, 0.1) is 0 Å². The van der Waals surface area contributed by atoms with Gasteiger partial charge in [0, 0.05) is 23.5 Å². The highest BCUT2D eigenvalue weighted by Gasteiger charge is 2.09. The summed E-state index contributed by atoms with van der Waals surface area (Å²) in [5.41, 5.74) is 5.59. The molecule has 0 aliphatic rings. The van der Waals surface area contributed by atoms with E-state index in [0.717, 1.165) is 0 Å². The highest BCUT2D eigenvalue weighted by atomic mass is 15.0. The molecule has 1 aromatic rings. The van der Waals surface area contributed by atoms with E-state index in [1.807, 2.05) is 46.8 Å². The minimum Gasteiger partial charge on any atom is -0.349 e. The highest BCUT2D eigenvalue weighted by Crippen LogP contribution is 2.12. The summed E-state index contributed by atoms with van der Waals surface area (Å²) in [6, 6.07) is 4.09. The van der Waals surface area contributed by atoms with E-state index in [-0.39, 0.29) is 18.5 Å². The van der Waals surface area contributed by atoms with E-state index in [1.165, 1.54) is 0 Å². The fraction of sp³-hybridized carbons (Fsp3) is 0.733. The molecular formula is C15H34N2. The van der Waals surface area contributed by atoms with Gasteiger partial charge in [-0.3, -0.25) is 0 Å². The van der Waals surface area contributed by atoms with Gasteiger partial charge >= 0.3 is 0 Å². The monoisotopic (exact) mass is 242 g/mol. The highest BCUT2D eigenvalue weighted by molar-refractivity contribution is 4.94. The van der Waals surface area contributed by atoms with Crippen LogP contribution in [0.3, 0.4) is 0 Å². The molecule has 0 fully saturated rings. The molecule has 2 heteroatoms. The normalized spacial score (nSPS) is 10.2. The van der Waals surface area contributed by atoms with Crippen LogP contribution in [0.1, 0.15) is 62.8 Å². The van der Waals surface area contributed by atoms with Crippen molar-refractivity contribution in [3.8, 4) is 0 Å². The standard InChI is InChI=1S/C8H13N.C4H11N.C2H6.CH4/c1-8(2,3)9-6-4-5-7-9;1-4(2,3)5;1-2;/h4-7H,1-3H3;5H2,1-3H3;1-2H3;1H4. The van der Waals surface area contributed by atoms with Crippen LogP contribution in [0.4, 0.5) is 0 Å². The van der Waals surface area contributed by atoms with Gasteiger partial charge in [0.1, 0.15) is 0 Å². The maximum atomic E-state index is 5.35. The second-order valence-corrected chi connectivity index (χ2v) is 5.63. The maximum Gasteiger partial charge on any atom is 0.0355 e. The van der Waals surface area contributed by atoms with Crippen LogP contribution in [-0.4, -0.2) is 10.1 Å². The number of rotatable bonds is 0. The Balaban J connectivity index is -0.000000213. The Hall–Kier alpha value is -0.760. The van der Waals surface area contributed by atoms with Gasteiger partial charge in [0.2, 0.25) is 0 Å². The van der Waals surface area contributed by atoms with E-state index in [0.29, 0.717) is 0 Å². The summed E-state index contributed by atoms with van der Waals surface area (Å²) in [4.78, 5) is 0. The topological polar surface area (TPSA) is 30.9 Å². The molecule has 0 atom stereocenters. The Kier molecular flexibility index (Phi) is 11.8. The van der Waals surface area contributed by atoms with Crippen molar-refractivity contribution in [2.45, 2.75) is 73.9 Å². The molecule has 1 heterocycles. The number of nitrogens with two attached hydrogens (primary N) is 1. The molecule has 0 radical (unpaired) electrons. The smallest absolute Gasteiger partial charge is 0.0355 e. The van der Waals surface area contributed by atoms with Crippen molar-refractivity contribution in [2.24, 2.45) is 5.73 Å². The van der Waals surface area contributed by atoms with Gasteiger partial charge in [0.15, 0.2) is 0 Å². The zero-order valence-electron chi connectivity index (χ0n) is 12.3. The van der Waals surface area contributed by atoms with E-state index < -0.39 is 0 Å². The van der Waals surface area contributed by atoms with Gasteiger partial charge in [-0.1, -0.05) is 21.3 Å². The molecule has 2 N–H and O–H groups in total. The molecule has 0 aliphatic carbocycles. The summed E-state index contributed by atoms with van der Waals surface area (Å²) >= 11 is 0. The van der Waals surface area contributed by atoms with E-state index >= 15 is 0 Å². The molecule has 0 saturated carbocycles. The number of aromatic nitrogens is 1. The van der Waals surface area contributed by atoms with Gasteiger partial charge in [-0.05, 0) is 53.7 Å². The lowest BCUT2D eigenvalue weighted by Crippen LogP contribution is -2.26. The predicted molar refractivity (Wildman–Crippen MR) is 81.4 cm³/mol. The third-order valence-electron chi connectivity index (χ3n) is 1.38. The Morgan fingerprint density at radius 2 is 1.06 bits per heavy atom. The number of hydrogen-bond donors (Lipinski definition) is 1. The molecule has 104 valence electrons. The molecule has 1 aromatic heterocycles. The first-order valence-electron chi connectivity index (χ1n) is 6.03. The van der Waals surface area contributed by atoms with Crippen molar-refractivity contribution in [1.29, 1.82) is 0 Å². The van der Waals surface area contributed by atoms with E-state index in [4.69, 9.17) is 5.73 Å². The summed E-state index contributed by atoms with van der Waals surface area (Å²) < 4.78 is 2.19. The maximum absolute atomic E-state index is 5.35. The third-order valence-corrected chi connectivity index (χ3v) is 1.38. The summed E-state index contributed by atoms with van der Waals surface area (Å²) in [5.74, 6) is 0. The zero-order valence-corrected chi connectivity index (χ0v) is 12.3. The van der Waals surface area contributed by atoms with Crippen LogP contribution in [0, 0.1) is 0 Å². The van der Waals surface area contributed by atoms with Crippen molar-refractivity contribution in [3.05, 3.63) is 24.5 Å².